The van der Waals surface area contributed by atoms with Gasteiger partial charge in [-0.15, -0.1) is 0 Å². The fourth-order valence-corrected chi connectivity index (χ4v) is 5.43. The predicted octanol–water partition coefficient (Wildman–Crippen LogP) is 3.51. The summed E-state index contributed by atoms with van der Waals surface area (Å²) in [5.41, 5.74) is 1.79. The zero-order valence-corrected chi connectivity index (χ0v) is 23.3. The second-order valence-corrected chi connectivity index (χ2v) is 10.6. The maximum Gasteiger partial charge on any atom is 0.264 e. The van der Waals surface area contributed by atoms with Crippen LogP contribution in [0, 0.1) is 12.7 Å². The van der Waals surface area contributed by atoms with Crippen LogP contribution in [0.25, 0.3) is 0 Å². The van der Waals surface area contributed by atoms with Gasteiger partial charge in [-0.05, 0) is 61.4 Å². The molecule has 0 heterocycles. The number of rotatable bonds is 11. The summed E-state index contributed by atoms with van der Waals surface area (Å²) < 4.78 is 52.9. The zero-order valence-electron chi connectivity index (χ0n) is 22.5. The van der Waals surface area contributed by atoms with Gasteiger partial charge < -0.3 is 19.7 Å². The lowest BCUT2D eigenvalue weighted by molar-refractivity contribution is -0.139. The number of halogens is 1. The lowest BCUT2D eigenvalue weighted by atomic mass is 10.1. The molecule has 39 heavy (non-hydrogen) atoms. The molecule has 11 heteroatoms. The van der Waals surface area contributed by atoms with Crippen LogP contribution in [-0.2, 0) is 26.2 Å². The van der Waals surface area contributed by atoms with Gasteiger partial charge in [0.15, 0.2) is 11.5 Å². The van der Waals surface area contributed by atoms with E-state index in [2.05, 4.69) is 5.32 Å². The van der Waals surface area contributed by atoms with Gasteiger partial charge in [0.1, 0.15) is 18.4 Å². The van der Waals surface area contributed by atoms with Crippen LogP contribution >= 0.6 is 0 Å². The van der Waals surface area contributed by atoms with Gasteiger partial charge in [-0.3, -0.25) is 13.9 Å². The molecular weight excluding hydrogens is 525 g/mol. The van der Waals surface area contributed by atoms with E-state index in [0.29, 0.717) is 5.75 Å². The van der Waals surface area contributed by atoms with Crippen molar-refractivity contribution in [2.45, 2.75) is 31.3 Å². The molecule has 208 valence electrons. The van der Waals surface area contributed by atoms with Gasteiger partial charge in [0.2, 0.25) is 11.8 Å². The van der Waals surface area contributed by atoms with E-state index in [1.807, 2.05) is 31.2 Å². The molecule has 0 fully saturated rings. The van der Waals surface area contributed by atoms with Crippen molar-refractivity contribution in [3.05, 3.63) is 83.7 Å². The molecule has 0 aromatic heterocycles. The van der Waals surface area contributed by atoms with Crippen molar-refractivity contribution in [1.29, 1.82) is 0 Å². The maximum absolute atomic E-state index is 13.9. The van der Waals surface area contributed by atoms with Crippen LogP contribution in [0.4, 0.5) is 10.1 Å². The summed E-state index contributed by atoms with van der Waals surface area (Å²) in [6, 6.07) is 15.3. The second-order valence-electron chi connectivity index (χ2n) is 8.74. The number of nitrogens with zero attached hydrogens (tertiary/aromatic N) is 2. The van der Waals surface area contributed by atoms with E-state index in [1.165, 1.54) is 56.5 Å². The predicted molar refractivity (Wildman–Crippen MR) is 146 cm³/mol. The highest BCUT2D eigenvalue weighted by atomic mass is 32.2. The molecule has 1 atom stereocenters. The molecule has 0 aliphatic rings. The van der Waals surface area contributed by atoms with E-state index in [4.69, 9.17) is 9.47 Å². The molecule has 2 amide bonds. The van der Waals surface area contributed by atoms with Crippen molar-refractivity contribution in [2.24, 2.45) is 0 Å². The standard InChI is InChI=1S/C28H32FN3O6S/c1-19-8-6-7-9-21(19)17-31(20(2)28(34)30-3)27(33)18-32(23-12-10-22(29)11-13-23)39(35,36)24-14-15-25(37-4)26(16-24)38-5/h6-16,20H,17-18H2,1-5H3,(H,30,34)/t20-/m0/s1. The summed E-state index contributed by atoms with van der Waals surface area (Å²) in [5.74, 6) is -1.10. The van der Waals surface area contributed by atoms with E-state index < -0.39 is 40.2 Å². The first-order valence-corrected chi connectivity index (χ1v) is 13.5. The minimum absolute atomic E-state index is 0.0722. The number of hydrogen-bond donors (Lipinski definition) is 1. The minimum atomic E-state index is -4.36. The molecular formula is C28H32FN3O6S. The van der Waals surface area contributed by atoms with E-state index >= 15 is 0 Å². The Labute approximate surface area is 228 Å². The largest absolute Gasteiger partial charge is 0.493 e. The zero-order chi connectivity index (χ0) is 28.7. The van der Waals surface area contributed by atoms with Crippen molar-refractivity contribution in [1.82, 2.24) is 10.2 Å². The van der Waals surface area contributed by atoms with Crippen LogP contribution in [0.5, 0.6) is 11.5 Å². The number of aryl methyl sites for hydroxylation is 1. The molecule has 0 radical (unpaired) electrons. The lowest BCUT2D eigenvalue weighted by Gasteiger charge is -2.32. The first-order chi connectivity index (χ1) is 18.5. The number of hydrogen-bond acceptors (Lipinski definition) is 6. The van der Waals surface area contributed by atoms with Crippen molar-refractivity contribution >= 4 is 27.5 Å². The lowest BCUT2D eigenvalue weighted by Crippen LogP contribution is -2.50. The van der Waals surface area contributed by atoms with Gasteiger partial charge in [0.05, 0.1) is 24.8 Å². The fourth-order valence-electron chi connectivity index (χ4n) is 4.00. The average Bonchev–Trinajstić information content (AvgIpc) is 2.94. The number of nitrogens with one attached hydrogen (secondary N) is 1. The molecule has 1 N–H and O–H groups in total. The Morgan fingerprint density at radius 1 is 0.974 bits per heavy atom. The highest BCUT2D eigenvalue weighted by molar-refractivity contribution is 7.92. The van der Waals surface area contributed by atoms with E-state index in [1.54, 1.807) is 6.92 Å². The molecule has 0 saturated heterocycles. The summed E-state index contributed by atoms with van der Waals surface area (Å²) in [6.07, 6.45) is 0. The minimum Gasteiger partial charge on any atom is -0.493 e. The van der Waals surface area contributed by atoms with Gasteiger partial charge in [-0.25, -0.2) is 12.8 Å². The van der Waals surface area contributed by atoms with E-state index in [9.17, 15) is 22.4 Å². The van der Waals surface area contributed by atoms with Gasteiger partial charge in [0.25, 0.3) is 10.0 Å². The average molecular weight is 558 g/mol. The van der Waals surface area contributed by atoms with Crippen LogP contribution in [0.2, 0.25) is 0 Å². The maximum atomic E-state index is 13.9. The Hall–Kier alpha value is -4.12. The van der Waals surface area contributed by atoms with Crippen molar-refractivity contribution in [3.63, 3.8) is 0 Å². The number of ether oxygens (including phenoxy) is 2. The number of likely N-dealkylation sites (N-methyl/N-ethyl adjacent to an activating group) is 1. The number of methoxy groups -OCH3 is 2. The molecule has 9 nitrogen and oxygen atoms in total. The van der Waals surface area contributed by atoms with Gasteiger partial charge in [-0.1, -0.05) is 24.3 Å². The van der Waals surface area contributed by atoms with Gasteiger partial charge in [-0.2, -0.15) is 0 Å². The molecule has 0 unspecified atom stereocenters. The second kappa shape index (κ2) is 12.6. The van der Waals surface area contributed by atoms with Crippen LogP contribution in [0.15, 0.2) is 71.6 Å². The molecule has 0 aliphatic carbocycles. The molecule has 3 aromatic rings. The summed E-state index contributed by atoms with van der Waals surface area (Å²) >= 11 is 0. The van der Waals surface area contributed by atoms with Crippen molar-refractivity contribution in [2.75, 3.05) is 32.1 Å². The topological polar surface area (TPSA) is 105 Å². The molecule has 3 aromatic carbocycles. The number of amides is 2. The third-order valence-electron chi connectivity index (χ3n) is 6.35. The third kappa shape index (κ3) is 6.66. The Morgan fingerprint density at radius 3 is 2.21 bits per heavy atom. The van der Waals surface area contributed by atoms with Crippen LogP contribution in [-0.4, -0.2) is 59.0 Å². The summed E-state index contributed by atoms with van der Waals surface area (Å²) in [7, 11) is -0.102. The smallest absolute Gasteiger partial charge is 0.264 e. The highest BCUT2D eigenvalue weighted by Gasteiger charge is 2.33. The summed E-state index contributed by atoms with van der Waals surface area (Å²) in [4.78, 5) is 27.5. The Bertz CT molecular complexity index is 1430. The normalized spacial score (nSPS) is 11.8. The number of carbonyl (C=O) groups is 2. The Morgan fingerprint density at radius 2 is 1.62 bits per heavy atom. The number of carbonyl (C=O) groups excluding carboxylic acids is 2. The van der Waals surface area contributed by atoms with Crippen molar-refractivity contribution in [3.8, 4) is 11.5 Å². The van der Waals surface area contributed by atoms with E-state index in [0.717, 1.165) is 27.6 Å². The number of sulfonamides is 1. The SMILES string of the molecule is CNC(=O)[C@H](C)N(Cc1ccccc1C)C(=O)CN(c1ccc(F)cc1)S(=O)(=O)c1ccc(OC)c(OC)c1. The number of benzene rings is 3. The quantitative estimate of drug-likeness (QED) is 0.387. The fraction of sp³-hybridized carbons (Fsp3) is 0.286. The van der Waals surface area contributed by atoms with Crippen LogP contribution in [0.3, 0.4) is 0 Å². The Balaban J connectivity index is 2.08. The van der Waals surface area contributed by atoms with Crippen molar-refractivity contribution < 1.29 is 31.9 Å². The summed E-state index contributed by atoms with van der Waals surface area (Å²) in [6.45, 7) is 2.89. The summed E-state index contributed by atoms with van der Waals surface area (Å²) in [5, 5.41) is 2.54. The molecule has 0 saturated carbocycles. The Kier molecular flexibility index (Phi) is 9.52. The number of anilines is 1. The highest BCUT2D eigenvalue weighted by Crippen LogP contribution is 2.32. The first-order valence-electron chi connectivity index (χ1n) is 12.1. The van der Waals surface area contributed by atoms with Gasteiger partial charge >= 0.3 is 0 Å². The molecule has 0 spiro atoms. The van der Waals surface area contributed by atoms with Gasteiger partial charge in [0, 0.05) is 19.7 Å². The molecule has 3 rings (SSSR count). The van der Waals surface area contributed by atoms with Crippen LogP contribution < -0.4 is 19.1 Å². The first kappa shape index (κ1) is 29.4. The molecule has 0 aliphatic heterocycles. The van der Waals surface area contributed by atoms with E-state index in [-0.39, 0.29) is 22.9 Å². The third-order valence-corrected chi connectivity index (χ3v) is 8.12. The molecule has 0 bridgehead atoms. The monoisotopic (exact) mass is 557 g/mol. The van der Waals surface area contributed by atoms with Crippen LogP contribution in [0.1, 0.15) is 18.1 Å².